The van der Waals surface area contributed by atoms with E-state index in [0.29, 0.717) is 39.6 Å². The fraction of sp³-hybridized carbons (Fsp3) is 0.154. The number of rotatable bonds is 8. The maximum absolute atomic E-state index is 13.3. The molecule has 0 fully saturated rings. The molecule has 8 heteroatoms. The first-order valence-corrected chi connectivity index (χ1v) is 10.6. The normalized spacial score (nSPS) is 10.6. The van der Waals surface area contributed by atoms with Crippen LogP contribution in [-0.4, -0.2) is 35.3 Å². The van der Waals surface area contributed by atoms with Crippen molar-refractivity contribution in [1.82, 2.24) is 20.5 Å². The number of carbonyl (C=O) groups excluding carboxylic acids is 1. The van der Waals surface area contributed by atoms with E-state index in [-0.39, 0.29) is 12.5 Å². The number of pyridine rings is 1. The standard InChI is InChI=1S/C26H23FN4O3/c1-33-23-9-8-18(12-24(23)34-2)15-29-26(32)21-13-20(19-6-3-5-17(11-19)14-27)16-28-25(21)22-7-4-10-30-31-22/h3-13,16H,14-15H2,1-2H3,(H,29,32). The number of carbonyl (C=O) groups is 1. The molecule has 2 heterocycles. The van der Waals surface area contributed by atoms with E-state index in [9.17, 15) is 9.18 Å². The van der Waals surface area contributed by atoms with Crippen LogP contribution in [0.15, 0.2) is 73.1 Å². The van der Waals surface area contributed by atoms with E-state index in [1.54, 1.807) is 75.1 Å². The van der Waals surface area contributed by atoms with Crippen molar-refractivity contribution in [3.63, 3.8) is 0 Å². The van der Waals surface area contributed by atoms with Gasteiger partial charge in [0.05, 0.1) is 19.8 Å². The third kappa shape index (κ3) is 5.01. The molecule has 0 aliphatic heterocycles. The summed E-state index contributed by atoms with van der Waals surface area (Å²) in [6.07, 6.45) is 3.20. The van der Waals surface area contributed by atoms with E-state index in [1.165, 1.54) is 0 Å². The summed E-state index contributed by atoms with van der Waals surface area (Å²) in [6, 6.07) is 17.7. The summed E-state index contributed by atoms with van der Waals surface area (Å²) < 4.78 is 23.8. The molecule has 34 heavy (non-hydrogen) atoms. The minimum Gasteiger partial charge on any atom is -0.493 e. The quantitative estimate of drug-likeness (QED) is 0.415. The van der Waals surface area contributed by atoms with Gasteiger partial charge in [0, 0.05) is 24.5 Å². The Labute approximate surface area is 196 Å². The summed E-state index contributed by atoms with van der Waals surface area (Å²) in [5.74, 6) is 0.854. The lowest BCUT2D eigenvalue weighted by molar-refractivity contribution is 0.0951. The first-order valence-electron chi connectivity index (χ1n) is 10.6. The van der Waals surface area contributed by atoms with Gasteiger partial charge in [-0.05, 0) is 53.1 Å². The van der Waals surface area contributed by atoms with Crippen LogP contribution < -0.4 is 14.8 Å². The smallest absolute Gasteiger partial charge is 0.253 e. The fourth-order valence-corrected chi connectivity index (χ4v) is 3.53. The van der Waals surface area contributed by atoms with Crippen LogP contribution in [0.5, 0.6) is 11.5 Å². The molecule has 2 aromatic heterocycles. The molecule has 0 aliphatic rings. The summed E-state index contributed by atoms with van der Waals surface area (Å²) in [5, 5.41) is 10.9. The van der Waals surface area contributed by atoms with Gasteiger partial charge in [-0.25, -0.2) is 4.39 Å². The molecule has 7 nitrogen and oxygen atoms in total. The van der Waals surface area contributed by atoms with Crippen molar-refractivity contribution in [2.75, 3.05) is 14.2 Å². The number of nitrogens with zero attached hydrogens (tertiary/aromatic N) is 3. The lowest BCUT2D eigenvalue weighted by atomic mass is 10.0. The SMILES string of the molecule is COc1ccc(CNC(=O)c2cc(-c3cccc(CF)c3)cnc2-c2cccnn2)cc1OC. The first-order chi connectivity index (χ1) is 16.6. The molecule has 0 saturated heterocycles. The van der Waals surface area contributed by atoms with Crippen LogP contribution in [0.1, 0.15) is 21.5 Å². The molecular formula is C26H23FN4O3. The van der Waals surface area contributed by atoms with Crippen molar-refractivity contribution in [2.45, 2.75) is 13.2 Å². The van der Waals surface area contributed by atoms with Gasteiger partial charge in [-0.3, -0.25) is 9.78 Å². The third-order valence-corrected chi connectivity index (χ3v) is 5.26. The van der Waals surface area contributed by atoms with Crippen molar-refractivity contribution < 1.29 is 18.7 Å². The number of ether oxygens (including phenoxy) is 2. The van der Waals surface area contributed by atoms with Crippen LogP contribution in [0.25, 0.3) is 22.5 Å². The molecule has 0 saturated carbocycles. The van der Waals surface area contributed by atoms with Gasteiger partial charge >= 0.3 is 0 Å². The average Bonchev–Trinajstić information content (AvgIpc) is 2.91. The molecule has 1 amide bonds. The van der Waals surface area contributed by atoms with Gasteiger partial charge in [0.15, 0.2) is 11.5 Å². The summed E-state index contributed by atoms with van der Waals surface area (Å²) in [4.78, 5) is 17.8. The number of aromatic nitrogens is 3. The van der Waals surface area contributed by atoms with Gasteiger partial charge in [0.1, 0.15) is 18.1 Å². The second-order valence-electron chi connectivity index (χ2n) is 7.44. The number of methoxy groups -OCH3 is 2. The van der Waals surface area contributed by atoms with Gasteiger partial charge in [0.2, 0.25) is 0 Å². The van der Waals surface area contributed by atoms with Crippen LogP contribution in [0.4, 0.5) is 4.39 Å². The lowest BCUT2D eigenvalue weighted by Crippen LogP contribution is -2.24. The molecule has 0 unspecified atom stereocenters. The Bertz CT molecular complexity index is 1300. The Morgan fingerprint density at radius 1 is 0.941 bits per heavy atom. The van der Waals surface area contributed by atoms with Crippen molar-refractivity contribution >= 4 is 5.91 Å². The topological polar surface area (TPSA) is 86.2 Å². The zero-order chi connectivity index (χ0) is 23.9. The van der Waals surface area contributed by atoms with Crippen molar-refractivity contribution in [2.24, 2.45) is 0 Å². The average molecular weight is 458 g/mol. The van der Waals surface area contributed by atoms with Gasteiger partial charge < -0.3 is 14.8 Å². The molecule has 0 spiro atoms. The van der Waals surface area contributed by atoms with Gasteiger partial charge in [-0.2, -0.15) is 5.10 Å². The number of nitrogens with one attached hydrogen (secondary N) is 1. The number of amides is 1. The second-order valence-corrected chi connectivity index (χ2v) is 7.44. The highest BCUT2D eigenvalue weighted by Gasteiger charge is 2.18. The largest absolute Gasteiger partial charge is 0.493 e. The summed E-state index contributed by atoms with van der Waals surface area (Å²) in [5.41, 5.74) is 4.07. The van der Waals surface area contributed by atoms with Crippen LogP contribution in [-0.2, 0) is 13.2 Å². The Morgan fingerprint density at radius 3 is 2.53 bits per heavy atom. The highest BCUT2D eigenvalue weighted by molar-refractivity contribution is 6.00. The maximum atomic E-state index is 13.3. The minimum atomic E-state index is -0.572. The zero-order valence-corrected chi connectivity index (χ0v) is 18.8. The van der Waals surface area contributed by atoms with E-state index in [2.05, 4.69) is 20.5 Å². The van der Waals surface area contributed by atoms with E-state index in [1.807, 2.05) is 12.1 Å². The van der Waals surface area contributed by atoms with Crippen molar-refractivity contribution in [1.29, 1.82) is 0 Å². The molecule has 1 N–H and O–H groups in total. The summed E-state index contributed by atoms with van der Waals surface area (Å²) in [6.45, 7) is -0.307. The van der Waals surface area contributed by atoms with Crippen molar-refractivity contribution in [3.8, 4) is 34.0 Å². The van der Waals surface area contributed by atoms with Crippen LogP contribution in [0.2, 0.25) is 0 Å². The maximum Gasteiger partial charge on any atom is 0.253 e. The first kappa shape index (κ1) is 22.8. The second kappa shape index (κ2) is 10.5. The van der Waals surface area contributed by atoms with E-state index in [0.717, 1.165) is 11.1 Å². The van der Waals surface area contributed by atoms with Gasteiger partial charge in [-0.15, -0.1) is 5.10 Å². The third-order valence-electron chi connectivity index (χ3n) is 5.26. The highest BCUT2D eigenvalue weighted by atomic mass is 19.1. The Hall–Kier alpha value is -4.33. The van der Waals surface area contributed by atoms with Crippen LogP contribution >= 0.6 is 0 Å². The molecule has 172 valence electrons. The Balaban J connectivity index is 1.67. The molecule has 0 aliphatic carbocycles. The van der Waals surface area contributed by atoms with E-state index in [4.69, 9.17) is 9.47 Å². The lowest BCUT2D eigenvalue weighted by Gasteiger charge is -2.13. The zero-order valence-electron chi connectivity index (χ0n) is 18.8. The Kier molecular flexibility index (Phi) is 7.07. The molecular weight excluding hydrogens is 435 g/mol. The number of alkyl halides is 1. The van der Waals surface area contributed by atoms with Crippen LogP contribution in [0, 0.1) is 0 Å². The number of benzene rings is 2. The van der Waals surface area contributed by atoms with E-state index < -0.39 is 6.67 Å². The minimum absolute atomic E-state index is 0.265. The van der Waals surface area contributed by atoms with Gasteiger partial charge in [0.25, 0.3) is 5.91 Å². The monoisotopic (exact) mass is 458 g/mol. The Morgan fingerprint density at radius 2 is 1.79 bits per heavy atom. The summed E-state index contributed by atoms with van der Waals surface area (Å²) in [7, 11) is 3.12. The van der Waals surface area contributed by atoms with E-state index >= 15 is 0 Å². The highest BCUT2D eigenvalue weighted by Crippen LogP contribution is 2.28. The molecule has 0 bridgehead atoms. The number of halogens is 1. The van der Waals surface area contributed by atoms with Gasteiger partial charge in [-0.1, -0.05) is 24.3 Å². The summed E-state index contributed by atoms with van der Waals surface area (Å²) >= 11 is 0. The molecule has 4 aromatic rings. The molecule has 2 aromatic carbocycles. The van der Waals surface area contributed by atoms with Crippen LogP contribution in [0.3, 0.4) is 0 Å². The predicted octanol–water partition coefficient (Wildman–Crippen LogP) is 4.62. The number of hydrogen-bond donors (Lipinski definition) is 1. The fourth-order valence-electron chi connectivity index (χ4n) is 3.53. The predicted molar refractivity (Wildman–Crippen MR) is 126 cm³/mol. The molecule has 0 atom stereocenters. The molecule has 0 radical (unpaired) electrons. The van der Waals surface area contributed by atoms with Crippen molar-refractivity contribution in [3.05, 3.63) is 89.7 Å². The number of hydrogen-bond acceptors (Lipinski definition) is 6. The molecule has 4 rings (SSSR count).